The maximum atomic E-state index is 5.66. The summed E-state index contributed by atoms with van der Waals surface area (Å²) in [6.07, 6.45) is 7.84. The van der Waals surface area contributed by atoms with Crippen molar-refractivity contribution < 1.29 is 4.74 Å². The SMILES string of the molecule is COc1ccc(C2(C)CCCN2)cc1C1CCC(C)CC1. The van der Waals surface area contributed by atoms with Crippen molar-refractivity contribution >= 4 is 0 Å². The number of ether oxygens (including phenoxy) is 1. The first-order valence-corrected chi connectivity index (χ1v) is 8.56. The zero-order valence-electron chi connectivity index (χ0n) is 13.7. The van der Waals surface area contributed by atoms with Gasteiger partial charge in [0.15, 0.2) is 0 Å². The molecule has 1 heterocycles. The molecule has 1 N–H and O–H groups in total. The summed E-state index contributed by atoms with van der Waals surface area (Å²) < 4.78 is 5.66. The summed E-state index contributed by atoms with van der Waals surface area (Å²) in [5.74, 6) is 2.66. The monoisotopic (exact) mass is 287 g/mol. The Morgan fingerprint density at radius 1 is 1.19 bits per heavy atom. The van der Waals surface area contributed by atoms with E-state index >= 15 is 0 Å². The minimum Gasteiger partial charge on any atom is -0.496 e. The van der Waals surface area contributed by atoms with Gasteiger partial charge in [0, 0.05) is 5.54 Å². The first-order chi connectivity index (χ1) is 10.1. The van der Waals surface area contributed by atoms with Crippen LogP contribution in [0.15, 0.2) is 18.2 Å². The highest BCUT2D eigenvalue weighted by Crippen LogP contribution is 2.41. The first kappa shape index (κ1) is 14.9. The lowest BCUT2D eigenvalue weighted by atomic mass is 9.77. The van der Waals surface area contributed by atoms with Crippen molar-refractivity contribution in [2.75, 3.05) is 13.7 Å². The predicted octanol–water partition coefficient (Wildman–Crippen LogP) is 4.59. The zero-order chi connectivity index (χ0) is 14.9. The Morgan fingerprint density at radius 2 is 1.95 bits per heavy atom. The molecule has 2 heteroatoms. The van der Waals surface area contributed by atoms with Crippen LogP contribution in [0.5, 0.6) is 5.75 Å². The Labute approximate surface area is 129 Å². The van der Waals surface area contributed by atoms with Crippen LogP contribution in [0.2, 0.25) is 0 Å². The van der Waals surface area contributed by atoms with Gasteiger partial charge in [-0.15, -0.1) is 0 Å². The van der Waals surface area contributed by atoms with Gasteiger partial charge in [0.1, 0.15) is 5.75 Å². The fraction of sp³-hybridized carbons (Fsp3) is 0.684. The third kappa shape index (κ3) is 2.96. The quantitative estimate of drug-likeness (QED) is 0.878. The molecule has 116 valence electrons. The van der Waals surface area contributed by atoms with Gasteiger partial charge < -0.3 is 10.1 Å². The lowest BCUT2D eigenvalue weighted by Gasteiger charge is -2.30. The van der Waals surface area contributed by atoms with Crippen molar-refractivity contribution in [2.45, 2.75) is 63.8 Å². The summed E-state index contributed by atoms with van der Waals surface area (Å²) in [5.41, 5.74) is 3.04. The van der Waals surface area contributed by atoms with Crippen molar-refractivity contribution in [1.82, 2.24) is 5.32 Å². The zero-order valence-corrected chi connectivity index (χ0v) is 13.7. The summed E-state index contributed by atoms with van der Waals surface area (Å²) in [6, 6.07) is 6.87. The van der Waals surface area contributed by atoms with Gasteiger partial charge >= 0.3 is 0 Å². The minimum atomic E-state index is 0.156. The summed E-state index contributed by atoms with van der Waals surface area (Å²) >= 11 is 0. The Bertz CT molecular complexity index is 482. The number of benzene rings is 1. The van der Waals surface area contributed by atoms with Crippen LogP contribution in [-0.2, 0) is 5.54 Å². The number of hydrogen-bond acceptors (Lipinski definition) is 2. The Hall–Kier alpha value is -1.02. The molecule has 1 saturated heterocycles. The van der Waals surface area contributed by atoms with Crippen LogP contribution in [-0.4, -0.2) is 13.7 Å². The molecule has 21 heavy (non-hydrogen) atoms. The van der Waals surface area contributed by atoms with E-state index in [0.29, 0.717) is 5.92 Å². The molecule has 0 aromatic heterocycles. The number of nitrogens with one attached hydrogen (secondary N) is 1. The van der Waals surface area contributed by atoms with Crippen LogP contribution in [0.4, 0.5) is 0 Å². The Morgan fingerprint density at radius 3 is 2.57 bits per heavy atom. The van der Waals surface area contributed by atoms with E-state index < -0.39 is 0 Å². The number of hydrogen-bond donors (Lipinski definition) is 1. The molecule has 1 aliphatic carbocycles. The minimum absolute atomic E-state index is 0.156. The van der Waals surface area contributed by atoms with Gasteiger partial charge in [0.2, 0.25) is 0 Å². The molecule has 2 aliphatic rings. The average Bonchev–Trinajstić information content (AvgIpc) is 2.95. The molecule has 2 fully saturated rings. The molecule has 0 spiro atoms. The maximum Gasteiger partial charge on any atom is 0.122 e. The lowest BCUT2D eigenvalue weighted by Crippen LogP contribution is -2.33. The normalized spacial score (nSPS) is 33.1. The summed E-state index contributed by atoms with van der Waals surface area (Å²) in [6.45, 7) is 5.86. The van der Waals surface area contributed by atoms with Gasteiger partial charge in [0.05, 0.1) is 7.11 Å². The van der Waals surface area contributed by atoms with E-state index in [9.17, 15) is 0 Å². The second-order valence-corrected chi connectivity index (χ2v) is 7.28. The third-order valence-electron chi connectivity index (χ3n) is 5.69. The molecule has 1 unspecified atom stereocenters. The highest BCUT2D eigenvalue weighted by molar-refractivity contribution is 5.42. The predicted molar refractivity (Wildman–Crippen MR) is 88.0 cm³/mol. The Balaban J connectivity index is 1.90. The molecule has 1 saturated carbocycles. The number of rotatable bonds is 3. The van der Waals surface area contributed by atoms with E-state index in [1.54, 1.807) is 7.11 Å². The topological polar surface area (TPSA) is 21.3 Å². The third-order valence-corrected chi connectivity index (χ3v) is 5.69. The standard InChI is InChI=1S/C19H29NO/c1-14-5-7-15(8-6-14)17-13-16(9-10-18(17)21-3)19(2)11-4-12-20-19/h9-10,13-15,20H,4-8,11-12H2,1-3H3. The smallest absolute Gasteiger partial charge is 0.122 e. The Kier molecular flexibility index (Phi) is 4.26. The van der Waals surface area contributed by atoms with Gasteiger partial charge in [-0.05, 0) is 74.2 Å². The van der Waals surface area contributed by atoms with E-state index in [1.165, 1.54) is 49.7 Å². The van der Waals surface area contributed by atoms with Crippen LogP contribution in [0.25, 0.3) is 0 Å². The van der Waals surface area contributed by atoms with E-state index in [1.807, 2.05) is 0 Å². The molecule has 1 aromatic carbocycles. The molecule has 1 aliphatic heterocycles. The highest BCUT2D eigenvalue weighted by atomic mass is 16.5. The molecule has 1 atom stereocenters. The van der Waals surface area contributed by atoms with E-state index in [2.05, 4.69) is 37.4 Å². The van der Waals surface area contributed by atoms with Crippen molar-refractivity contribution in [3.63, 3.8) is 0 Å². The molecular formula is C19H29NO. The van der Waals surface area contributed by atoms with Gasteiger partial charge in [-0.1, -0.05) is 25.8 Å². The fourth-order valence-electron chi connectivity index (χ4n) is 4.11. The second-order valence-electron chi connectivity index (χ2n) is 7.28. The maximum absolute atomic E-state index is 5.66. The highest BCUT2D eigenvalue weighted by Gasteiger charge is 2.31. The van der Waals surface area contributed by atoms with Crippen LogP contribution >= 0.6 is 0 Å². The molecule has 0 radical (unpaired) electrons. The van der Waals surface area contributed by atoms with Crippen molar-refractivity contribution in [3.8, 4) is 5.75 Å². The van der Waals surface area contributed by atoms with E-state index in [4.69, 9.17) is 4.74 Å². The van der Waals surface area contributed by atoms with Crippen LogP contribution < -0.4 is 10.1 Å². The van der Waals surface area contributed by atoms with E-state index in [0.717, 1.165) is 18.2 Å². The van der Waals surface area contributed by atoms with Crippen molar-refractivity contribution in [3.05, 3.63) is 29.3 Å². The molecule has 1 aromatic rings. The lowest BCUT2D eigenvalue weighted by molar-refractivity contribution is 0.335. The van der Waals surface area contributed by atoms with Gasteiger partial charge in [0.25, 0.3) is 0 Å². The number of methoxy groups -OCH3 is 1. The summed E-state index contributed by atoms with van der Waals surface area (Å²) in [7, 11) is 1.81. The van der Waals surface area contributed by atoms with Crippen molar-refractivity contribution in [1.29, 1.82) is 0 Å². The summed E-state index contributed by atoms with van der Waals surface area (Å²) in [5, 5.41) is 3.68. The molecular weight excluding hydrogens is 258 g/mol. The van der Waals surface area contributed by atoms with Crippen LogP contribution in [0.3, 0.4) is 0 Å². The van der Waals surface area contributed by atoms with Gasteiger partial charge in [-0.2, -0.15) is 0 Å². The van der Waals surface area contributed by atoms with Crippen LogP contribution in [0.1, 0.15) is 69.4 Å². The molecule has 2 nitrogen and oxygen atoms in total. The largest absolute Gasteiger partial charge is 0.496 e. The first-order valence-electron chi connectivity index (χ1n) is 8.56. The van der Waals surface area contributed by atoms with Gasteiger partial charge in [-0.3, -0.25) is 0 Å². The van der Waals surface area contributed by atoms with Gasteiger partial charge in [-0.25, -0.2) is 0 Å². The van der Waals surface area contributed by atoms with Crippen molar-refractivity contribution in [2.24, 2.45) is 5.92 Å². The fourth-order valence-corrected chi connectivity index (χ4v) is 4.11. The molecule has 0 bridgehead atoms. The second kappa shape index (κ2) is 6.00. The average molecular weight is 287 g/mol. The van der Waals surface area contributed by atoms with E-state index in [-0.39, 0.29) is 5.54 Å². The molecule has 0 amide bonds. The summed E-state index contributed by atoms with van der Waals surface area (Å²) in [4.78, 5) is 0. The van der Waals surface area contributed by atoms with Crippen LogP contribution in [0, 0.1) is 5.92 Å². The molecule has 3 rings (SSSR count).